The summed E-state index contributed by atoms with van der Waals surface area (Å²) in [6, 6.07) is 3.73. The van der Waals surface area contributed by atoms with Gasteiger partial charge in [0.1, 0.15) is 10.7 Å². The molecule has 0 unspecified atom stereocenters. The monoisotopic (exact) mass is 262 g/mol. The predicted octanol–water partition coefficient (Wildman–Crippen LogP) is 0.723. The number of sulfonamides is 1. The first kappa shape index (κ1) is 13.9. The Hall–Kier alpha value is -1.18. The number of rotatable bonds is 6. The summed E-state index contributed by atoms with van der Waals surface area (Å²) < 4.78 is 44.1. The van der Waals surface area contributed by atoms with Crippen LogP contribution in [-0.4, -0.2) is 28.2 Å². The van der Waals surface area contributed by atoms with E-state index in [2.05, 4.69) is 4.72 Å². The van der Waals surface area contributed by atoms with Gasteiger partial charge in [0.25, 0.3) is 0 Å². The van der Waals surface area contributed by atoms with E-state index in [1.165, 1.54) is 12.1 Å². The molecule has 3 N–H and O–H groups in total. The Morgan fingerprint density at radius 2 is 2.18 bits per heavy atom. The molecule has 0 fully saturated rings. The van der Waals surface area contributed by atoms with E-state index in [9.17, 15) is 12.8 Å². The van der Waals surface area contributed by atoms with Gasteiger partial charge >= 0.3 is 0 Å². The maximum atomic E-state index is 13.4. The Morgan fingerprint density at radius 1 is 1.47 bits per heavy atom. The van der Waals surface area contributed by atoms with Gasteiger partial charge in [-0.2, -0.15) is 0 Å². The first-order chi connectivity index (χ1) is 7.99. The van der Waals surface area contributed by atoms with Gasteiger partial charge in [0.2, 0.25) is 10.0 Å². The van der Waals surface area contributed by atoms with Crippen LogP contribution in [-0.2, 0) is 14.8 Å². The molecule has 0 spiro atoms. The lowest BCUT2D eigenvalue weighted by Crippen LogP contribution is -2.28. The number of anilines is 1. The van der Waals surface area contributed by atoms with Crippen LogP contribution in [0, 0.1) is 5.82 Å². The van der Waals surface area contributed by atoms with Gasteiger partial charge in [0, 0.05) is 13.2 Å². The molecule has 0 aliphatic carbocycles. The number of halogens is 1. The lowest BCUT2D eigenvalue weighted by atomic mass is 10.3. The van der Waals surface area contributed by atoms with Gasteiger partial charge in [0.15, 0.2) is 0 Å². The van der Waals surface area contributed by atoms with Gasteiger partial charge in [0.05, 0.1) is 12.3 Å². The molecular weight excluding hydrogens is 247 g/mol. The van der Waals surface area contributed by atoms with E-state index in [4.69, 9.17) is 10.5 Å². The van der Waals surface area contributed by atoms with Gasteiger partial charge in [-0.1, -0.05) is 6.07 Å². The molecule has 7 heteroatoms. The second kappa shape index (κ2) is 5.95. The van der Waals surface area contributed by atoms with E-state index in [-0.39, 0.29) is 18.8 Å². The molecular formula is C10H15FN2O3S. The number of ether oxygens (including phenoxy) is 1. The van der Waals surface area contributed by atoms with Crippen molar-refractivity contribution >= 4 is 15.7 Å². The van der Waals surface area contributed by atoms with Crippen LogP contribution < -0.4 is 10.5 Å². The normalized spacial score (nSPS) is 11.6. The average molecular weight is 262 g/mol. The molecule has 0 heterocycles. The van der Waals surface area contributed by atoms with Crippen molar-refractivity contribution in [1.29, 1.82) is 0 Å². The van der Waals surface area contributed by atoms with Crippen LogP contribution in [0.3, 0.4) is 0 Å². The van der Waals surface area contributed by atoms with Gasteiger partial charge < -0.3 is 10.5 Å². The fourth-order valence-electron chi connectivity index (χ4n) is 1.27. The molecule has 0 saturated carbocycles. The van der Waals surface area contributed by atoms with Gasteiger partial charge in [-0.3, -0.25) is 0 Å². The van der Waals surface area contributed by atoms with Gasteiger partial charge in [-0.05, 0) is 19.1 Å². The highest BCUT2D eigenvalue weighted by Gasteiger charge is 2.21. The zero-order chi connectivity index (χ0) is 12.9. The van der Waals surface area contributed by atoms with E-state index in [1.807, 2.05) is 0 Å². The molecule has 0 saturated heterocycles. The number of nitrogens with one attached hydrogen (secondary N) is 1. The highest BCUT2D eigenvalue weighted by molar-refractivity contribution is 7.89. The summed E-state index contributed by atoms with van der Waals surface area (Å²) in [7, 11) is -3.93. The van der Waals surface area contributed by atoms with Crippen LogP contribution in [0.4, 0.5) is 10.1 Å². The summed E-state index contributed by atoms with van der Waals surface area (Å²) in [5.41, 5.74) is 5.33. The molecule has 17 heavy (non-hydrogen) atoms. The summed E-state index contributed by atoms with van der Waals surface area (Å²) >= 11 is 0. The molecule has 1 aromatic carbocycles. The van der Waals surface area contributed by atoms with E-state index >= 15 is 0 Å². The molecule has 0 aliphatic heterocycles. The maximum absolute atomic E-state index is 13.4. The summed E-state index contributed by atoms with van der Waals surface area (Å²) in [5.74, 6) is -0.867. The summed E-state index contributed by atoms with van der Waals surface area (Å²) in [6.45, 7) is 2.58. The average Bonchev–Trinajstić information content (AvgIpc) is 2.24. The van der Waals surface area contributed by atoms with Crippen molar-refractivity contribution in [2.75, 3.05) is 25.5 Å². The van der Waals surface area contributed by atoms with Crippen molar-refractivity contribution < 1.29 is 17.5 Å². The molecule has 1 aromatic rings. The van der Waals surface area contributed by atoms with Crippen LogP contribution >= 0.6 is 0 Å². The Balaban J connectivity index is 2.83. The molecule has 5 nitrogen and oxygen atoms in total. The highest BCUT2D eigenvalue weighted by Crippen LogP contribution is 2.20. The summed E-state index contributed by atoms with van der Waals surface area (Å²) in [6.07, 6.45) is 0. The molecule has 0 aromatic heterocycles. The largest absolute Gasteiger partial charge is 0.398 e. The molecule has 0 bridgehead atoms. The lowest BCUT2D eigenvalue weighted by molar-refractivity contribution is 0.153. The Labute approximate surface area is 99.8 Å². The summed E-state index contributed by atoms with van der Waals surface area (Å²) in [5, 5.41) is 0. The fraction of sp³-hybridized carbons (Fsp3) is 0.400. The van der Waals surface area contributed by atoms with Crippen LogP contribution in [0.2, 0.25) is 0 Å². The third-order valence-corrected chi connectivity index (χ3v) is 3.56. The van der Waals surface area contributed by atoms with Crippen LogP contribution in [0.1, 0.15) is 6.92 Å². The van der Waals surface area contributed by atoms with Crippen LogP contribution in [0.25, 0.3) is 0 Å². The molecule has 0 amide bonds. The zero-order valence-corrected chi connectivity index (χ0v) is 10.3. The van der Waals surface area contributed by atoms with Crippen molar-refractivity contribution in [2.45, 2.75) is 11.8 Å². The fourth-order valence-corrected chi connectivity index (χ4v) is 2.47. The lowest BCUT2D eigenvalue weighted by Gasteiger charge is -2.09. The van der Waals surface area contributed by atoms with Crippen LogP contribution in [0.5, 0.6) is 0 Å². The minimum absolute atomic E-state index is 0.0734. The zero-order valence-electron chi connectivity index (χ0n) is 9.44. The number of benzene rings is 1. The number of hydrogen-bond donors (Lipinski definition) is 2. The Morgan fingerprint density at radius 3 is 2.76 bits per heavy atom. The van der Waals surface area contributed by atoms with Crippen molar-refractivity contribution in [3.63, 3.8) is 0 Å². The minimum atomic E-state index is -3.93. The van der Waals surface area contributed by atoms with E-state index in [1.54, 1.807) is 6.92 Å². The number of hydrogen-bond acceptors (Lipinski definition) is 4. The SMILES string of the molecule is CCOCCNS(=O)(=O)c1c(N)cccc1F. The van der Waals surface area contributed by atoms with E-state index in [0.29, 0.717) is 6.61 Å². The quantitative estimate of drug-likeness (QED) is 0.584. The molecule has 0 atom stereocenters. The van der Waals surface area contributed by atoms with Crippen molar-refractivity contribution in [2.24, 2.45) is 0 Å². The van der Waals surface area contributed by atoms with E-state index < -0.39 is 20.7 Å². The van der Waals surface area contributed by atoms with Gasteiger partial charge in [-0.15, -0.1) is 0 Å². The topological polar surface area (TPSA) is 81.4 Å². The third kappa shape index (κ3) is 3.65. The second-order valence-corrected chi connectivity index (χ2v) is 4.96. The molecule has 96 valence electrons. The molecule has 0 aliphatic rings. The predicted molar refractivity (Wildman–Crippen MR) is 62.5 cm³/mol. The molecule has 1 rings (SSSR count). The van der Waals surface area contributed by atoms with Gasteiger partial charge in [-0.25, -0.2) is 17.5 Å². The van der Waals surface area contributed by atoms with Crippen molar-refractivity contribution in [1.82, 2.24) is 4.72 Å². The number of nitrogen functional groups attached to an aromatic ring is 1. The Kier molecular flexibility index (Phi) is 4.86. The Bertz CT molecular complexity index is 456. The number of nitrogens with two attached hydrogens (primary N) is 1. The van der Waals surface area contributed by atoms with Crippen molar-refractivity contribution in [3.8, 4) is 0 Å². The molecule has 0 radical (unpaired) electrons. The third-order valence-electron chi connectivity index (χ3n) is 2.01. The summed E-state index contributed by atoms with van der Waals surface area (Å²) in [4.78, 5) is -0.517. The standard InChI is InChI=1S/C10H15FN2O3S/c1-2-16-7-6-13-17(14,15)10-8(11)4-3-5-9(10)12/h3-5,13H,2,6-7,12H2,1H3. The van der Waals surface area contributed by atoms with E-state index in [0.717, 1.165) is 6.07 Å². The first-order valence-corrected chi connectivity index (χ1v) is 6.58. The smallest absolute Gasteiger partial charge is 0.245 e. The maximum Gasteiger partial charge on any atom is 0.245 e. The highest BCUT2D eigenvalue weighted by atomic mass is 32.2. The minimum Gasteiger partial charge on any atom is -0.398 e. The van der Waals surface area contributed by atoms with Crippen molar-refractivity contribution in [3.05, 3.63) is 24.0 Å². The van der Waals surface area contributed by atoms with Crippen LogP contribution in [0.15, 0.2) is 23.1 Å². The second-order valence-electron chi connectivity index (χ2n) is 3.25. The first-order valence-electron chi connectivity index (χ1n) is 5.10.